The summed E-state index contributed by atoms with van der Waals surface area (Å²) >= 11 is 1.67. The molecule has 1 heteroatoms. The Balaban J connectivity index is 2.20. The summed E-state index contributed by atoms with van der Waals surface area (Å²) in [7, 11) is 0. The van der Waals surface area contributed by atoms with Crippen LogP contribution in [0, 0.1) is 24.7 Å². The van der Waals surface area contributed by atoms with Gasteiger partial charge in [-0.15, -0.1) is 12.8 Å². The molecule has 0 aromatic heterocycles. The van der Waals surface area contributed by atoms with Gasteiger partial charge in [-0.1, -0.05) is 29.7 Å². The summed E-state index contributed by atoms with van der Waals surface area (Å²) in [6, 6.07) is 15.8. The molecule has 0 amide bonds. The van der Waals surface area contributed by atoms with Crippen molar-refractivity contribution in [3.05, 3.63) is 59.7 Å². The highest BCUT2D eigenvalue weighted by atomic mass is 32.2. The number of benzene rings is 2. The molecule has 2 aromatic rings. The minimum absolute atomic E-state index is 0.895. The zero-order valence-electron chi connectivity index (χ0n) is 9.18. The van der Waals surface area contributed by atoms with Crippen LogP contribution in [0.1, 0.15) is 11.1 Å². The van der Waals surface area contributed by atoms with Crippen molar-refractivity contribution >= 4 is 11.8 Å². The molecule has 0 fully saturated rings. The lowest BCUT2D eigenvalue weighted by Gasteiger charge is -2.02. The molecule has 0 atom stereocenters. The molecule has 17 heavy (non-hydrogen) atoms. The van der Waals surface area contributed by atoms with Crippen LogP contribution in [0.2, 0.25) is 0 Å². The maximum Gasteiger partial charge on any atom is 0.0253 e. The van der Waals surface area contributed by atoms with E-state index in [1.54, 1.807) is 11.8 Å². The topological polar surface area (TPSA) is 0 Å². The van der Waals surface area contributed by atoms with E-state index in [0.29, 0.717) is 0 Å². The van der Waals surface area contributed by atoms with Crippen LogP contribution >= 0.6 is 11.8 Å². The fraction of sp³-hybridized carbons (Fsp3) is 0. The highest BCUT2D eigenvalue weighted by Gasteiger charge is 1.98. The van der Waals surface area contributed by atoms with Gasteiger partial charge < -0.3 is 0 Å². The monoisotopic (exact) mass is 234 g/mol. The van der Waals surface area contributed by atoms with Gasteiger partial charge in [0.1, 0.15) is 0 Å². The van der Waals surface area contributed by atoms with Gasteiger partial charge in [-0.3, -0.25) is 0 Å². The first-order valence-electron chi connectivity index (χ1n) is 5.13. The molecule has 0 heterocycles. The van der Waals surface area contributed by atoms with E-state index in [4.69, 9.17) is 12.8 Å². The van der Waals surface area contributed by atoms with Crippen LogP contribution in [0.5, 0.6) is 0 Å². The van der Waals surface area contributed by atoms with Crippen molar-refractivity contribution in [1.82, 2.24) is 0 Å². The van der Waals surface area contributed by atoms with Crippen molar-refractivity contribution in [3.63, 3.8) is 0 Å². The molecule has 0 saturated carbocycles. The Morgan fingerprint density at radius 3 is 2.12 bits per heavy atom. The molecule has 2 aromatic carbocycles. The average Bonchev–Trinajstić information content (AvgIpc) is 2.40. The summed E-state index contributed by atoms with van der Waals surface area (Å²) < 4.78 is 0. The second kappa shape index (κ2) is 5.30. The molecular formula is C16H10S. The first kappa shape index (κ1) is 11.4. The Bertz CT molecular complexity index is 595. The van der Waals surface area contributed by atoms with Gasteiger partial charge in [0.25, 0.3) is 0 Å². The minimum atomic E-state index is 0.895. The van der Waals surface area contributed by atoms with Crippen molar-refractivity contribution in [3.8, 4) is 24.7 Å². The second-order valence-electron chi connectivity index (χ2n) is 3.44. The molecule has 0 radical (unpaired) electrons. The van der Waals surface area contributed by atoms with E-state index in [2.05, 4.69) is 11.8 Å². The third kappa shape index (κ3) is 2.94. The molecule has 0 nitrogen and oxygen atoms in total. The molecule has 0 aliphatic rings. The van der Waals surface area contributed by atoms with Gasteiger partial charge in [-0.2, -0.15) is 0 Å². The Morgan fingerprint density at radius 1 is 0.765 bits per heavy atom. The Kier molecular flexibility index (Phi) is 3.55. The Labute approximate surface area is 106 Å². The maximum absolute atomic E-state index is 5.37. The molecule has 0 spiro atoms. The first-order valence-corrected chi connectivity index (χ1v) is 5.94. The van der Waals surface area contributed by atoms with Gasteiger partial charge in [0.05, 0.1) is 0 Å². The largest absolute Gasteiger partial charge is 0.115 e. The summed E-state index contributed by atoms with van der Waals surface area (Å²) in [4.78, 5) is 2.28. The van der Waals surface area contributed by atoms with Crippen LogP contribution in [0.3, 0.4) is 0 Å². The Hall–Kier alpha value is -2.09. The number of rotatable bonds is 2. The summed E-state index contributed by atoms with van der Waals surface area (Å²) in [5.74, 6) is 5.23. The quantitative estimate of drug-likeness (QED) is 0.712. The fourth-order valence-electron chi connectivity index (χ4n) is 1.40. The molecule has 0 unspecified atom stereocenters. The third-order valence-electron chi connectivity index (χ3n) is 2.26. The molecule has 0 N–H and O–H groups in total. The van der Waals surface area contributed by atoms with Gasteiger partial charge >= 0.3 is 0 Å². The van der Waals surface area contributed by atoms with Crippen molar-refractivity contribution in [2.24, 2.45) is 0 Å². The maximum atomic E-state index is 5.37. The summed E-state index contributed by atoms with van der Waals surface area (Å²) in [5.41, 5.74) is 1.79. The highest BCUT2D eigenvalue weighted by molar-refractivity contribution is 7.99. The summed E-state index contributed by atoms with van der Waals surface area (Å²) in [6.45, 7) is 0. The molecule has 0 aliphatic heterocycles. The predicted molar refractivity (Wildman–Crippen MR) is 72.9 cm³/mol. The molecule has 0 aliphatic carbocycles. The molecule has 0 saturated heterocycles. The van der Waals surface area contributed by atoms with E-state index in [1.807, 2.05) is 48.5 Å². The van der Waals surface area contributed by atoms with E-state index >= 15 is 0 Å². The van der Waals surface area contributed by atoms with Crippen LogP contribution in [-0.4, -0.2) is 0 Å². The fourth-order valence-corrected chi connectivity index (χ4v) is 2.28. The van der Waals surface area contributed by atoms with Crippen molar-refractivity contribution < 1.29 is 0 Å². The van der Waals surface area contributed by atoms with Crippen LogP contribution in [0.4, 0.5) is 0 Å². The molecule has 2 rings (SSSR count). The minimum Gasteiger partial charge on any atom is -0.115 e. The van der Waals surface area contributed by atoms with Crippen LogP contribution in [-0.2, 0) is 0 Å². The van der Waals surface area contributed by atoms with Crippen LogP contribution < -0.4 is 0 Å². The van der Waals surface area contributed by atoms with Crippen LogP contribution in [0.15, 0.2) is 58.3 Å². The van der Waals surface area contributed by atoms with Gasteiger partial charge in [-0.05, 0) is 42.5 Å². The predicted octanol–water partition coefficient (Wildman–Crippen LogP) is 3.80. The van der Waals surface area contributed by atoms with E-state index in [1.165, 1.54) is 0 Å². The van der Waals surface area contributed by atoms with E-state index in [0.717, 1.165) is 20.9 Å². The summed E-state index contributed by atoms with van der Waals surface area (Å²) in [6.07, 6.45) is 10.7. The SMILES string of the molecule is C#Cc1ccc(Sc2cccc(C#C)c2)cc1. The first-order chi connectivity index (χ1) is 8.31. The van der Waals surface area contributed by atoms with Gasteiger partial charge in [-0.25, -0.2) is 0 Å². The van der Waals surface area contributed by atoms with E-state index in [9.17, 15) is 0 Å². The lowest BCUT2D eigenvalue weighted by Crippen LogP contribution is -1.78. The van der Waals surface area contributed by atoms with E-state index in [-0.39, 0.29) is 0 Å². The third-order valence-corrected chi connectivity index (χ3v) is 3.25. The van der Waals surface area contributed by atoms with Gasteiger partial charge in [0, 0.05) is 20.9 Å². The van der Waals surface area contributed by atoms with Crippen molar-refractivity contribution in [1.29, 1.82) is 0 Å². The average molecular weight is 234 g/mol. The number of terminal acetylenes is 2. The van der Waals surface area contributed by atoms with Gasteiger partial charge in [0.15, 0.2) is 0 Å². The lowest BCUT2D eigenvalue weighted by atomic mass is 10.2. The number of hydrogen-bond donors (Lipinski definition) is 0. The van der Waals surface area contributed by atoms with Crippen molar-refractivity contribution in [2.75, 3.05) is 0 Å². The second-order valence-corrected chi connectivity index (χ2v) is 4.59. The molecule has 0 bridgehead atoms. The van der Waals surface area contributed by atoms with Crippen molar-refractivity contribution in [2.45, 2.75) is 9.79 Å². The van der Waals surface area contributed by atoms with Gasteiger partial charge in [0.2, 0.25) is 0 Å². The smallest absolute Gasteiger partial charge is 0.0253 e. The van der Waals surface area contributed by atoms with E-state index < -0.39 is 0 Å². The lowest BCUT2D eigenvalue weighted by molar-refractivity contribution is 1.39. The molecule has 80 valence electrons. The standard InChI is InChI=1S/C16H10S/c1-3-13-8-10-15(11-9-13)17-16-7-5-6-14(4-2)12-16/h1-2,5-12H. The zero-order valence-corrected chi connectivity index (χ0v) is 10.00. The zero-order chi connectivity index (χ0) is 12.1. The molecular weight excluding hydrogens is 224 g/mol. The number of hydrogen-bond acceptors (Lipinski definition) is 1. The Morgan fingerprint density at radius 2 is 1.47 bits per heavy atom. The normalized spacial score (nSPS) is 9.29. The highest BCUT2D eigenvalue weighted by Crippen LogP contribution is 2.28. The van der Waals surface area contributed by atoms with Crippen LogP contribution in [0.25, 0.3) is 0 Å². The summed E-state index contributed by atoms with van der Waals surface area (Å²) in [5, 5.41) is 0.